The van der Waals surface area contributed by atoms with Gasteiger partial charge < -0.3 is 19.9 Å². The van der Waals surface area contributed by atoms with E-state index in [2.05, 4.69) is 11.4 Å². The van der Waals surface area contributed by atoms with Crippen LogP contribution in [-0.4, -0.2) is 61.1 Å². The molecule has 0 aliphatic carbocycles. The molecular formula is C19H27N3O3. The predicted octanol–water partition coefficient (Wildman–Crippen LogP) is 2.41. The van der Waals surface area contributed by atoms with Gasteiger partial charge in [0.1, 0.15) is 0 Å². The Labute approximate surface area is 149 Å². The first kappa shape index (κ1) is 17.7. The van der Waals surface area contributed by atoms with Crippen LogP contribution in [0.4, 0.5) is 10.5 Å². The van der Waals surface area contributed by atoms with Crippen molar-refractivity contribution in [3.8, 4) is 0 Å². The highest BCUT2D eigenvalue weighted by molar-refractivity contribution is 5.91. The van der Waals surface area contributed by atoms with Gasteiger partial charge in [-0.3, -0.25) is 4.79 Å². The van der Waals surface area contributed by atoms with Crippen LogP contribution in [0.3, 0.4) is 0 Å². The molecule has 2 heterocycles. The number of amides is 3. The van der Waals surface area contributed by atoms with E-state index in [1.165, 1.54) is 5.56 Å². The summed E-state index contributed by atoms with van der Waals surface area (Å²) in [5.41, 5.74) is 3.05. The van der Waals surface area contributed by atoms with Gasteiger partial charge in [0.05, 0.1) is 19.1 Å². The van der Waals surface area contributed by atoms with Crippen molar-refractivity contribution >= 4 is 17.6 Å². The Morgan fingerprint density at radius 2 is 1.88 bits per heavy atom. The number of aryl methyl sites for hydroxylation is 2. The number of rotatable bonds is 2. The smallest absolute Gasteiger partial charge is 0.321 e. The van der Waals surface area contributed by atoms with Crippen LogP contribution in [0.1, 0.15) is 24.0 Å². The molecule has 6 heteroatoms. The number of hydrogen-bond donors (Lipinski definition) is 1. The molecule has 0 radical (unpaired) electrons. The maximum Gasteiger partial charge on any atom is 0.321 e. The van der Waals surface area contributed by atoms with Crippen LogP contribution in [0, 0.1) is 19.8 Å². The zero-order valence-corrected chi connectivity index (χ0v) is 15.1. The Balaban J connectivity index is 1.60. The number of carbonyl (C=O) groups excluding carboxylic acids is 2. The minimum Gasteiger partial charge on any atom is -0.378 e. The summed E-state index contributed by atoms with van der Waals surface area (Å²) in [6, 6.07) is 5.86. The average molecular weight is 345 g/mol. The molecule has 136 valence electrons. The fourth-order valence-electron chi connectivity index (χ4n) is 3.55. The van der Waals surface area contributed by atoms with E-state index >= 15 is 0 Å². The molecule has 1 aromatic rings. The van der Waals surface area contributed by atoms with Gasteiger partial charge in [0.25, 0.3) is 0 Å². The zero-order valence-electron chi connectivity index (χ0n) is 15.1. The average Bonchev–Trinajstić information content (AvgIpc) is 2.64. The predicted molar refractivity (Wildman–Crippen MR) is 96.6 cm³/mol. The van der Waals surface area contributed by atoms with Crippen molar-refractivity contribution in [2.75, 3.05) is 44.7 Å². The summed E-state index contributed by atoms with van der Waals surface area (Å²) in [6.07, 6.45) is 1.71. The van der Waals surface area contributed by atoms with E-state index in [0.717, 1.165) is 24.1 Å². The fraction of sp³-hybridized carbons (Fsp3) is 0.579. The standard InChI is InChI=1S/C19H27N3O3/c1-14-5-6-17(15(2)12-14)20-19(24)22-7-3-4-16(13-22)18(23)21-8-10-25-11-9-21/h5-6,12,16H,3-4,7-11,13H2,1-2H3,(H,20,24). The summed E-state index contributed by atoms with van der Waals surface area (Å²) in [5, 5.41) is 2.99. The van der Waals surface area contributed by atoms with Crippen LogP contribution in [0.25, 0.3) is 0 Å². The van der Waals surface area contributed by atoms with Crippen LogP contribution < -0.4 is 5.32 Å². The zero-order chi connectivity index (χ0) is 17.8. The maximum atomic E-state index is 12.7. The van der Waals surface area contributed by atoms with E-state index in [9.17, 15) is 9.59 Å². The lowest BCUT2D eigenvalue weighted by Gasteiger charge is -2.36. The van der Waals surface area contributed by atoms with Gasteiger partial charge in [-0.05, 0) is 38.3 Å². The second kappa shape index (κ2) is 7.87. The number of carbonyl (C=O) groups is 2. The largest absolute Gasteiger partial charge is 0.378 e. The lowest BCUT2D eigenvalue weighted by molar-refractivity contribution is -0.141. The van der Waals surface area contributed by atoms with Crippen molar-refractivity contribution in [2.24, 2.45) is 5.92 Å². The first-order chi connectivity index (χ1) is 12.0. The Morgan fingerprint density at radius 3 is 2.60 bits per heavy atom. The normalized spacial score (nSPS) is 21.1. The Hall–Kier alpha value is -2.08. The van der Waals surface area contributed by atoms with Crippen molar-refractivity contribution in [2.45, 2.75) is 26.7 Å². The highest BCUT2D eigenvalue weighted by Gasteiger charge is 2.31. The molecule has 3 rings (SSSR count). The number of anilines is 1. The van der Waals surface area contributed by atoms with Crippen LogP contribution in [0.5, 0.6) is 0 Å². The number of likely N-dealkylation sites (tertiary alicyclic amines) is 1. The van der Waals surface area contributed by atoms with E-state index in [1.54, 1.807) is 4.90 Å². The van der Waals surface area contributed by atoms with Gasteiger partial charge in [0.15, 0.2) is 0 Å². The van der Waals surface area contributed by atoms with Crippen molar-refractivity contribution in [3.05, 3.63) is 29.3 Å². The van der Waals surface area contributed by atoms with Gasteiger partial charge in [-0.25, -0.2) is 4.79 Å². The molecule has 1 aromatic carbocycles. The minimum absolute atomic E-state index is 0.100. The Morgan fingerprint density at radius 1 is 1.12 bits per heavy atom. The summed E-state index contributed by atoms with van der Waals surface area (Å²) < 4.78 is 5.31. The van der Waals surface area contributed by atoms with E-state index < -0.39 is 0 Å². The summed E-state index contributed by atoms with van der Waals surface area (Å²) in [4.78, 5) is 28.9. The first-order valence-corrected chi connectivity index (χ1v) is 9.04. The highest BCUT2D eigenvalue weighted by atomic mass is 16.5. The fourth-order valence-corrected chi connectivity index (χ4v) is 3.55. The van der Waals surface area contributed by atoms with Crippen LogP contribution in [0.15, 0.2) is 18.2 Å². The number of hydrogen-bond acceptors (Lipinski definition) is 3. The van der Waals surface area contributed by atoms with Crippen molar-refractivity contribution in [1.82, 2.24) is 9.80 Å². The third-order valence-corrected chi connectivity index (χ3v) is 5.00. The number of nitrogens with zero attached hydrogens (tertiary/aromatic N) is 2. The second-order valence-corrected chi connectivity index (χ2v) is 6.97. The van der Waals surface area contributed by atoms with Crippen LogP contribution in [-0.2, 0) is 9.53 Å². The SMILES string of the molecule is Cc1ccc(NC(=O)N2CCCC(C(=O)N3CCOCC3)C2)c(C)c1. The number of piperidine rings is 1. The monoisotopic (exact) mass is 345 g/mol. The number of ether oxygens (including phenoxy) is 1. The number of morpholine rings is 1. The molecule has 0 saturated carbocycles. The van der Waals surface area contributed by atoms with Crippen molar-refractivity contribution in [1.29, 1.82) is 0 Å². The summed E-state index contributed by atoms with van der Waals surface area (Å²) >= 11 is 0. The lowest BCUT2D eigenvalue weighted by Crippen LogP contribution is -2.50. The van der Waals surface area contributed by atoms with E-state index in [1.807, 2.05) is 30.9 Å². The lowest BCUT2D eigenvalue weighted by atomic mass is 9.96. The van der Waals surface area contributed by atoms with E-state index in [0.29, 0.717) is 39.4 Å². The molecular weight excluding hydrogens is 318 g/mol. The topological polar surface area (TPSA) is 61.9 Å². The molecule has 1 atom stereocenters. The van der Waals surface area contributed by atoms with Crippen LogP contribution in [0.2, 0.25) is 0 Å². The summed E-state index contributed by atoms with van der Waals surface area (Å²) in [7, 11) is 0. The Bertz CT molecular complexity index is 641. The molecule has 6 nitrogen and oxygen atoms in total. The Kier molecular flexibility index (Phi) is 5.58. The van der Waals surface area contributed by atoms with E-state index in [4.69, 9.17) is 4.74 Å². The van der Waals surface area contributed by atoms with Crippen molar-refractivity contribution in [3.63, 3.8) is 0 Å². The maximum absolute atomic E-state index is 12.7. The highest BCUT2D eigenvalue weighted by Crippen LogP contribution is 2.22. The number of nitrogens with one attached hydrogen (secondary N) is 1. The molecule has 0 spiro atoms. The van der Waals surface area contributed by atoms with Gasteiger partial charge in [-0.2, -0.15) is 0 Å². The minimum atomic E-state index is -0.119. The molecule has 2 fully saturated rings. The molecule has 1 unspecified atom stereocenters. The van der Waals surface area contributed by atoms with Gasteiger partial charge in [0.2, 0.25) is 5.91 Å². The van der Waals surface area contributed by atoms with Gasteiger partial charge in [0, 0.05) is 31.9 Å². The van der Waals surface area contributed by atoms with Gasteiger partial charge >= 0.3 is 6.03 Å². The molecule has 3 amide bonds. The first-order valence-electron chi connectivity index (χ1n) is 9.04. The molecule has 25 heavy (non-hydrogen) atoms. The molecule has 2 aliphatic heterocycles. The van der Waals surface area contributed by atoms with Gasteiger partial charge in [-0.15, -0.1) is 0 Å². The molecule has 1 N–H and O–H groups in total. The quantitative estimate of drug-likeness (QED) is 0.895. The third-order valence-electron chi connectivity index (χ3n) is 5.00. The summed E-state index contributed by atoms with van der Waals surface area (Å²) in [6.45, 7) is 7.74. The number of benzene rings is 1. The second-order valence-electron chi connectivity index (χ2n) is 6.97. The molecule has 0 aromatic heterocycles. The molecule has 2 aliphatic rings. The summed E-state index contributed by atoms with van der Waals surface area (Å²) in [5.74, 6) is 0.0593. The van der Waals surface area contributed by atoms with Gasteiger partial charge in [-0.1, -0.05) is 17.7 Å². The van der Waals surface area contributed by atoms with Crippen LogP contribution >= 0.6 is 0 Å². The number of urea groups is 1. The molecule has 0 bridgehead atoms. The van der Waals surface area contributed by atoms with Crippen molar-refractivity contribution < 1.29 is 14.3 Å². The molecule has 2 saturated heterocycles. The van der Waals surface area contributed by atoms with E-state index in [-0.39, 0.29) is 17.9 Å². The third kappa shape index (κ3) is 4.31.